The third-order valence-corrected chi connectivity index (χ3v) is 3.41. The van der Waals surface area contributed by atoms with E-state index in [9.17, 15) is 4.79 Å². The van der Waals surface area contributed by atoms with E-state index < -0.39 is 5.97 Å². The zero-order chi connectivity index (χ0) is 16.3. The van der Waals surface area contributed by atoms with Gasteiger partial charge in [0.1, 0.15) is 0 Å². The SMILES string of the molecule is O=C(O)c1ccccc1.c1ccc(CCc2ccccc2)cc1. The number of carboxylic acid groups (broad SMARTS) is 1. The maximum atomic E-state index is 10.2. The van der Waals surface area contributed by atoms with Crippen LogP contribution in [-0.2, 0) is 12.8 Å². The standard InChI is InChI=1S/C14H14.C7H6O2/c1-3-7-13(8-4-1)11-12-14-9-5-2-6-10-14;8-7(9)6-4-2-1-3-5-6/h1-10H,11-12H2;1-5H,(H,8,9). The molecule has 2 heteroatoms. The Hall–Kier alpha value is -2.87. The number of benzene rings is 3. The smallest absolute Gasteiger partial charge is 0.335 e. The van der Waals surface area contributed by atoms with Gasteiger partial charge in [-0.1, -0.05) is 78.9 Å². The Morgan fingerprint density at radius 2 is 0.957 bits per heavy atom. The number of carboxylic acids is 1. The first-order chi connectivity index (χ1) is 11.3. The fourth-order valence-electron chi connectivity index (χ4n) is 2.16. The molecule has 0 bridgehead atoms. The molecule has 0 aliphatic carbocycles. The molecule has 0 unspecified atom stereocenters. The minimum atomic E-state index is -0.879. The predicted molar refractivity (Wildman–Crippen MR) is 93.7 cm³/mol. The van der Waals surface area contributed by atoms with E-state index in [1.807, 2.05) is 0 Å². The van der Waals surface area contributed by atoms with Crippen molar-refractivity contribution >= 4 is 5.97 Å². The van der Waals surface area contributed by atoms with Gasteiger partial charge >= 0.3 is 5.97 Å². The van der Waals surface area contributed by atoms with Gasteiger partial charge in [-0.15, -0.1) is 0 Å². The Morgan fingerprint density at radius 1 is 0.609 bits per heavy atom. The molecule has 0 saturated carbocycles. The summed E-state index contributed by atoms with van der Waals surface area (Å²) in [5.74, 6) is -0.879. The second-order valence-electron chi connectivity index (χ2n) is 5.14. The molecular formula is C21H20O2. The van der Waals surface area contributed by atoms with Crippen molar-refractivity contribution in [3.8, 4) is 0 Å². The van der Waals surface area contributed by atoms with Crippen molar-refractivity contribution in [3.63, 3.8) is 0 Å². The minimum Gasteiger partial charge on any atom is -0.478 e. The van der Waals surface area contributed by atoms with Gasteiger partial charge < -0.3 is 5.11 Å². The van der Waals surface area contributed by atoms with Crippen molar-refractivity contribution in [3.05, 3.63) is 108 Å². The van der Waals surface area contributed by atoms with Gasteiger partial charge in [0, 0.05) is 0 Å². The topological polar surface area (TPSA) is 37.3 Å². The van der Waals surface area contributed by atoms with Crippen LogP contribution >= 0.6 is 0 Å². The zero-order valence-electron chi connectivity index (χ0n) is 12.9. The van der Waals surface area contributed by atoms with Crippen LogP contribution in [0.4, 0.5) is 0 Å². The number of aryl methyl sites for hydroxylation is 2. The molecule has 0 amide bonds. The molecular weight excluding hydrogens is 284 g/mol. The average molecular weight is 304 g/mol. The number of hydrogen-bond donors (Lipinski definition) is 1. The van der Waals surface area contributed by atoms with Crippen LogP contribution in [0.3, 0.4) is 0 Å². The molecule has 1 N–H and O–H groups in total. The van der Waals surface area contributed by atoms with E-state index in [0.29, 0.717) is 5.56 Å². The summed E-state index contributed by atoms with van der Waals surface area (Å²) < 4.78 is 0. The van der Waals surface area contributed by atoms with Gasteiger partial charge in [-0.05, 0) is 36.1 Å². The monoisotopic (exact) mass is 304 g/mol. The van der Waals surface area contributed by atoms with Crippen LogP contribution in [0.2, 0.25) is 0 Å². The molecule has 0 saturated heterocycles. The third-order valence-electron chi connectivity index (χ3n) is 3.41. The summed E-state index contributed by atoms with van der Waals surface area (Å²) in [6, 6.07) is 29.5. The van der Waals surface area contributed by atoms with E-state index in [4.69, 9.17) is 5.11 Å². The summed E-state index contributed by atoms with van der Waals surface area (Å²) in [5, 5.41) is 8.38. The highest BCUT2D eigenvalue weighted by Crippen LogP contribution is 2.06. The second-order valence-corrected chi connectivity index (χ2v) is 5.14. The van der Waals surface area contributed by atoms with Crippen molar-refractivity contribution in [1.29, 1.82) is 0 Å². The minimum absolute atomic E-state index is 0.331. The van der Waals surface area contributed by atoms with E-state index in [0.717, 1.165) is 12.8 Å². The zero-order valence-corrected chi connectivity index (χ0v) is 12.9. The predicted octanol–water partition coefficient (Wildman–Crippen LogP) is 4.86. The van der Waals surface area contributed by atoms with Crippen molar-refractivity contribution in [1.82, 2.24) is 0 Å². The lowest BCUT2D eigenvalue weighted by atomic mass is 10.0. The second kappa shape index (κ2) is 9.21. The highest BCUT2D eigenvalue weighted by molar-refractivity contribution is 5.87. The summed E-state index contributed by atoms with van der Waals surface area (Å²) in [4.78, 5) is 10.2. The van der Waals surface area contributed by atoms with Gasteiger partial charge in [0.25, 0.3) is 0 Å². The van der Waals surface area contributed by atoms with Crippen LogP contribution < -0.4 is 0 Å². The van der Waals surface area contributed by atoms with E-state index in [1.165, 1.54) is 11.1 Å². The maximum Gasteiger partial charge on any atom is 0.335 e. The van der Waals surface area contributed by atoms with Crippen molar-refractivity contribution in [2.45, 2.75) is 12.8 Å². The molecule has 0 spiro atoms. The van der Waals surface area contributed by atoms with Crippen molar-refractivity contribution in [2.24, 2.45) is 0 Å². The Balaban J connectivity index is 0.000000185. The van der Waals surface area contributed by atoms with Crippen LogP contribution in [0, 0.1) is 0 Å². The average Bonchev–Trinajstić information content (AvgIpc) is 2.63. The molecule has 0 aliphatic heterocycles. The van der Waals surface area contributed by atoms with Crippen LogP contribution in [0.1, 0.15) is 21.5 Å². The Labute approximate surface area is 137 Å². The number of hydrogen-bond acceptors (Lipinski definition) is 1. The highest BCUT2D eigenvalue weighted by atomic mass is 16.4. The molecule has 3 aromatic carbocycles. The first kappa shape index (κ1) is 16.5. The molecule has 0 fully saturated rings. The largest absolute Gasteiger partial charge is 0.478 e. The molecule has 2 nitrogen and oxygen atoms in total. The van der Waals surface area contributed by atoms with Crippen molar-refractivity contribution in [2.75, 3.05) is 0 Å². The lowest BCUT2D eigenvalue weighted by molar-refractivity contribution is 0.0697. The fourth-order valence-corrected chi connectivity index (χ4v) is 2.16. The number of aromatic carboxylic acids is 1. The summed E-state index contributed by atoms with van der Waals surface area (Å²) in [5.41, 5.74) is 3.16. The van der Waals surface area contributed by atoms with Crippen LogP contribution in [0.5, 0.6) is 0 Å². The summed E-state index contributed by atoms with van der Waals surface area (Å²) in [6.45, 7) is 0. The first-order valence-corrected chi connectivity index (χ1v) is 7.62. The quantitative estimate of drug-likeness (QED) is 0.747. The molecule has 0 atom stereocenters. The Morgan fingerprint density at radius 3 is 1.26 bits per heavy atom. The highest BCUT2D eigenvalue weighted by Gasteiger charge is 1.96. The van der Waals surface area contributed by atoms with Gasteiger partial charge in [0.2, 0.25) is 0 Å². The Bertz CT molecular complexity index is 652. The number of carbonyl (C=O) groups is 1. The fraction of sp³-hybridized carbons (Fsp3) is 0.0952. The third kappa shape index (κ3) is 6.18. The van der Waals surface area contributed by atoms with Gasteiger partial charge in [-0.3, -0.25) is 0 Å². The van der Waals surface area contributed by atoms with Crippen LogP contribution in [-0.4, -0.2) is 11.1 Å². The lowest BCUT2D eigenvalue weighted by Crippen LogP contribution is -1.93. The molecule has 0 heterocycles. The van der Waals surface area contributed by atoms with Crippen LogP contribution in [0.25, 0.3) is 0 Å². The Kier molecular flexibility index (Phi) is 6.61. The summed E-state index contributed by atoms with van der Waals surface area (Å²) >= 11 is 0. The number of rotatable bonds is 4. The molecule has 23 heavy (non-hydrogen) atoms. The first-order valence-electron chi connectivity index (χ1n) is 7.62. The summed E-state index contributed by atoms with van der Waals surface area (Å²) in [6.07, 6.45) is 2.26. The molecule has 0 aromatic heterocycles. The van der Waals surface area contributed by atoms with E-state index >= 15 is 0 Å². The van der Waals surface area contributed by atoms with Gasteiger partial charge in [-0.2, -0.15) is 0 Å². The molecule has 116 valence electrons. The molecule has 3 rings (SSSR count). The van der Waals surface area contributed by atoms with E-state index in [-0.39, 0.29) is 0 Å². The molecule has 0 radical (unpaired) electrons. The van der Waals surface area contributed by atoms with Gasteiger partial charge in [-0.25, -0.2) is 4.79 Å². The van der Waals surface area contributed by atoms with Crippen LogP contribution in [0.15, 0.2) is 91.0 Å². The van der Waals surface area contributed by atoms with Gasteiger partial charge in [0.15, 0.2) is 0 Å². The van der Waals surface area contributed by atoms with E-state index in [1.54, 1.807) is 30.3 Å². The molecule has 0 aliphatic rings. The summed E-state index contributed by atoms with van der Waals surface area (Å²) in [7, 11) is 0. The maximum absolute atomic E-state index is 10.2. The van der Waals surface area contributed by atoms with Gasteiger partial charge in [0.05, 0.1) is 5.56 Å². The van der Waals surface area contributed by atoms with Crippen molar-refractivity contribution < 1.29 is 9.90 Å². The normalized spacial score (nSPS) is 9.57. The molecule has 3 aromatic rings. The lowest BCUT2D eigenvalue weighted by Gasteiger charge is -2.01. The van der Waals surface area contributed by atoms with E-state index in [2.05, 4.69) is 60.7 Å².